The molecular formula is C15H27N3O2. The van der Waals surface area contributed by atoms with Crippen LogP contribution in [0.3, 0.4) is 0 Å². The van der Waals surface area contributed by atoms with Gasteiger partial charge in [-0.1, -0.05) is 19.8 Å². The molecule has 2 fully saturated rings. The van der Waals surface area contributed by atoms with Crippen molar-refractivity contribution in [2.45, 2.75) is 51.5 Å². The first kappa shape index (κ1) is 15.3. The number of carbonyl (C=O) groups excluding carboxylic acids is 2. The number of rotatable bonds is 3. The summed E-state index contributed by atoms with van der Waals surface area (Å²) in [4.78, 5) is 25.7. The highest BCUT2D eigenvalue weighted by Crippen LogP contribution is 2.27. The van der Waals surface area contributed by atoms with E-state index in [1.165, 1.54) is 25.7 Å². The normalized spacial score (nSPS) is 27.1. The van der Waals surface area contributed by atoms with Crippen LogP contribution < -0.4 is 10.6 Å². The molecule has 2 aliphatic rings. The molecule has 0 spiro atoms. The molecule has 2 amide bonds. The van der Waals surface area contributed by atoms with Gasteiger partial charge in [-0.15, -0.1) is 0 Å². The number of nitrogens with zero attached hydrogens (tertiary/aromatic N) is 1. The quantitative estimate of drug-likeness (QED) is 0.755. The summed E-state index contributed by atoms with van der Waals surface area (Å²) in [7, 11) is 0. The smallest absolute Gasteiger partial charge is 0.311 e. The maximum absolute atomic E-state index is 12.0. The molecule has 1 aliphatic heterocycles. The summed E-state index contributed by atoms with van der Waals surface area (Å²) >= 11 is 0. The van der Waals surface area contributed by atoms with Crippen molar-refractivity contribution in [1.82, 2.24) is 15.5 Å². The van der Waals surface area contributed by atoms with Crippen molar-refractivity contribution in [3.05, 3.63) is 0 Å². The molecule has 2 rings (SSSR count). The topological polar surface area (TPSA) is 61.4 Å². The number of amides is 2. The highest BCUT2D eigenvalue weighted by atomic mass is 16.2. The van der Waals surface area contributed by atoms with Crippen LogP contribution >= 0.6 is 0 Å². The van der Waals surface area contributed by atoms with Crippen LogP contribution in [-0.2, 0) is 9.59 Å². The summed E-state index contributed by atoms with van der Waals surface area (Å²) in [5.41, 5.74) is 0. The van der Waals surface area contributed by atoms with Crippen molar-refractivity contribution in [3.63, 3.8) is 0 Å². The van der Waals surface area contributed by atoms with Crippen LogP contribution in [0.15, 0.2) is 0 Å². The summed E-state index contributed by atoms with van der Waals surface area (Å²) < 4.78 is 0. The van der Waals surface area contributed by atoms with Crippen LogP contribution in [0.25, 0.3) is 0 Å². The van der Waals surface area contributed by atoms with E-state index in [0.29, 0.717) is 13.1 Å². The number of hydrogen-bond donors (Lipinski definition) is 2. The van der Waals surface area contributed by atoms with E-state index in [9.17, 15) is 9.59 Å². The first-order valence-electron chi connectivity index (χ1n) is 8.01. The lowest BCUT2D eigenvalue weighted by Gasteiger charge is -2.30. The molecule has 1 saturated carbocycles. The van der Waals surface area contributed by atoms with Gasteiger partial charge < -0.3 is 15.5 Å². The lowest BCUT2D eigenvalue weighted by molar-refractivity contribution is -0.146. The molecule has 114 valence electrons. The third-order valence-corrected chi connectivity index (χ3v) is 4.48. The van der Waals surface area contributed by atoms with E-state index in [-0.39, 0.29) is 11.9 Å². The highest BCUT2D eigenvalue weighted by Gasteiger charge is 2.27. The Morgan fingerprint density at radius 2 is 1.80 bits per heavy atom. The molecule has 1 aliphatic carbocycles. The summed E-state index contributed by atoms with van der Waals surface area (Å²) in [6.07, 6.45) is 6.93. The number of piperazine rings is 1. The second kappa shape index (κ2) is 7.62. The maximum atomic E-state index is 12.0. The van der Waals surface area contributed by atoms with Gasteiger partial charge in [0.2, 0.25) is 0 Å². The standard InChI is InChI=1S/C15H27N3O2/c1-2-3-12-4-6-13(7-5-12)17-14(19)15(20)18-10-8-16-9-11-18/h12-13,16H,2-11H2,1H3,(H,17,19). The number of nitrogens with one attached hydrogen (secondary N) is 2. The molecule has 5 nitrogen and oxygen atoms in total. The second-order valence-corrected chi connectivity index (χ2v) is 6.02. The fraction of sp³-hybridized carbons (Fsp3) is 0.867. The van der Waals surface area contributed by atoms with Crippen molar-refractivity contribution in [2.24, 2.45) is 5.92 Å². The SMILES string of the molecule is CCCC1CCC(NC(=O)C(=O)N2CCNCC2)CC1. The Balaban J connectivity index is 1.73. The predicted molar refractivity (Wildman–Crippen MR) is 78.2 cm³/mol. The zero-order valence-corrected chi connectivity index (χ0v) is 12.5. The third-order valence-electron chi connectivity index (χ3n) is 4.48. The lowest BCUT2D eigenvalue weighted by atomic mass is 9.83. The predicted octanol–water partition coefficient (Wildman–Crippen LogP) is 0.893. The Morgan fingerprint density at radius 3 is 2.40 bits per heavy atom. The zero-order chi connectivity index (χ0) is 14.4. The van der Waals surface area contributed by atoms with Gasteiger partial charge in [0, 0.05) is 32.2 Å². The number of hydrogen-bond acceptors (Lipinski definition) is 3. The van der Waals surface area contributed by atoms with Gasteiger partial charge in [0.1, 0.15) is 0 Å². The van der Waals surface area contributed by atoms with Gasteiger partial charge in [-0.25, -0.2) is 0 Å². The van der Waals surface area contributed by atoms with Gasteiger partial charge in [0.25, 0.3) is 0 Å². The van der Waals surface area contributed by atoms with Crippen LogP contribution in [0.1, 0.15) is 45.4 Å². The van der Waals surface area contributed by atoms with Gasteiger partial charge in [-0.05, 0) is 31.6 Å². The largest absolute Gasteiger partial charge is 0.345 e. The van der Waals surface area contributed by atoms with E-state index >= 15 is 0 Å². The molecular weight excluding hydrogens is 254 g/mol. The Kier molecular flexibility index (Phi) is 5.83. The molecule has 0 aromatic carbocycles. The minimum Gasteiger partial charge on any atom is -0.345 e. The Bertz CT molecular complexity index is 332. The molecule has 0 atom stereocenters. The highest BCUT2D eigenvalue weighted by molar-refractivity contribution is 6.35. The molecule has 0 radical (unpaired) electrons. The first-order valence-corrected chi connectivity index (χ1v) is 8.01. The average molecular weight is 281 g/mol. The first-order chi connectivity index (χ1) is 9.70. The van der Waals surface area contributed by atoms with Crippen molar-refractivity contribution in [1.29, 1.82) is 0 Å². The Labute approximate surface area is 121 Å². The third kappa shape index (κ3) is 4.20. The van der Waals surface area contributed by atoms with Crippen molar-refractivity contribution < 1.29 is 9.59 Å². The molecule has 0 aromatic rings. The minimum atomic E-state index is -0.411. The lowest BCUT2D eigenvalue weighted by Crippen LogP contribution is -2.52. The second-order valence-electron chi connectivity index (χ2n) is 6.02. The molecule has 5 heteroatoms. The van der Waals surface area contributed by atoms with Crippen LogP contribution in [0, 0.1) is 5.92 Å². The van der Waals surface area contributed by atoms with Crippen molar-refractivity contribution in [3.8, 4) is 0 Å². The molecule has 0 aromatic heterocycles. The summed E-state index contributed by atoms with van der Waals surface area (Å²) in [5, 5.41) is 6.11. The van der Waals surface area contributed by atoms with E-state index in [1.807, 2.05) is 0 Å². The van der Waals surface area contributed by atoms with E-state index in [1.54, 1.807) is 4.90 Å². The summed E-state index contributed by atoms with van der Waals surface area (Å²) in [6.45, 7) is 5.05. The van der Waals surface area contributed by atoms with Gasteiger partial charge in [-0.3, -0.25) is 9.59 Å². The van der Waals surface area contributed by atoms with Gasteiger partial charge in [0.15, 0.2) is 0 Å². The molecule has 2 N–H and O–H groups in total. The van der Waals surface area contributed by atoms with E-state index < -0.39 is 5.91 Å². The van der Waals surface area contributed by atoms with Crippen LogP contribution in [0.4, 0.5) is 0 Å². The van der Waals surface area contributed by atoms with Crippen LogP contribution in [0.5, 0.6) is 0 Å². The van der Waals surface area contributed by atoms with E-state index in [0.717, 1.165) is 31.8 Å². The molecule has 0 unspecified atom stereocenters. The fourth-order valence-electron chi connectivity index (χ4n) is 3.26. The maximum Gasteiger partial charge on any atom is 0.311 e. The van der Waals surface area contributed by atoms with Crippen LogP contribution in [0.2, 0.25) is 0 Å². The van der Waals surface area contributed by atoms with Gasteiger partial charge >= 0.3 is 11.8 Å². The van der Waals surface area contributed by atoms with Crippen molar-refractivity contribution >= 4 is 11.8 Å². The van der Waals surface area contributed by atoms with Crippen LogP contribution in [-0.4, -0.2) is 48.9 Å². The summed E-state index contributed by atoms with van der Waals surface area (Å²) in [6, 6.07) is 0.197. The molecule has 1 saturated heterocycles. The van der Waals surface area contributed by atoms with Crippen molar-refractivity contribution in [2.75, 3.05) is 26.2 Å². The van der Waals surface area contributed by atoms with Gasteiger partial charge in [0.05, 0.1) is 0 Å². The zero-order valence-electron chi connectivity index (χ0n) is 12.5. The fourth-order valence-corrected chi connectivity index (χ4v) is 3.26. The van der Waals surface area contributed by atoms with E-state index in [4.69, 9.17) is 0 Å². The van der Waals surface area contributed by atoms with E-state index in [2.05, 4.69) is 17.6 Å². The Hall–Kier alpha value is -1.10. The number of carbonyl (C=O) groups is 2. The Morgan fingerprint density at radius 1 is 1.15 bits per heavy atom. The molecule has 1 heterocycles. The average Bonchev–Trinajstić information content (AvgIpc) is 2.49. The summed E-state index contributed by atoms with van der Waals surface area (Å²) in [5.74, 6) is 0.0463. The molecule has 0 bridgehead atoms. The monoisotopic (exact) mass is 281 g/mol. The van der Waals surface area contributed by atoms with Gasteiger partial charge in [-0.2, -0.15) is 0 Å². The molecule has 20 heavy (non-hydrogen) atoms. The minimum absolute atomic E-state index is 0.197.